The normalized spacial score (nSPS) is 3.62. The Morgan fingerprint density at radius 3 is 0.500 bits per heavy atom. The van der Waals surface area contributed by atoms with Crippen molar-refractivity contribution >= 4 is 29.6 Å². The molecule has 0 aliphatic rings. The Morgan fingerprint density at radius 2 is 0.500 bits per heavy atom. The number of hydrogen-bond acceptors (Lipinski definition) is 2. The summed E-state index contributed by atoms with van der Waals surface area (Å²) < 4.78 is 31.9. The van der Waals surface area contributed by atoms with Crippen LogP contribution in [0, 0.1) is 0 Å². The van der Waals surface area contributed by atoms with E-state index in [1.165, 1.54) is 0 Å². The molecule has 0 rings (SSSR count). The Labute approximate surface area is 114 Å². The molecular weight excluding hydrogens is 299 g/mol. The standard InChI is InChI=1S/Cr.Na.12H2O.2O.H/h;;12*1H2;;;/q+2;;;;;;;;;;;;;;;;/p-2. The SMILES string of the molecule is O.O.O.O.O.O.O.O.O.O.[NaH].[O]=[Cr](=[O])([OH])[OH]. The van der Waals surface area contributed by atoms with E-state index in [2.05, 4.69) is 0 Å². The molecule has 16 heavy (non-hydrogen) atoms. The fourth-order valence-electron chi connectivity index (χ4n) is 0. The van der Waals surface area contributed by atoms with E-state index in [1.807, 2.05) is 0 Å². The van der Waals surface area contributed by atoms with Crippen LogP contribution in [-0.4, -0.2) is 92.6 Å². The Hall–Kier alpha value is 0.652. The van der Waals surface area contributed by atoms with E-state index in [4.69, 9.17) is 15.9 Å². The predicted molar refractivity (Wildman–Crippen MR) is 49.1 cm³/mol. The molecule has 0 fully saturated rings. The van der Waals surface area contributed by atoms with Crippen molar-refractivity contribution < 1.29 is 84.3 Å². The van der Waals surface area contributed by atoms with Crippen LogP contribution in [0.25, 0.3) is 0 Å². The molecule has 0 aromatic heterocycles. The third-order valence-electron chi connectivity index (χ3n) is 0. The Kier molecular flexibility index (Phi) is 895. The molecule has 0 spiro atoms. The Morgan fingerprint density at radius 1 is 0.500 bits per heavy atom. The molecule has 0 aromatic carbocycles. The second-order valence-corrected chi connectivity index (χ2v) is 1.85. The summed E-state index contributed by atoms with van der Waals surface area (Å²) in [6, 6.07) is 0. The van der Waals surface area contributed by atoms with Gasteiger partial charge in [0.05, 0.1) is 0 Å². The van der Waals surface area contributed by atoms with Crippen molar-refractivity contribution in [3.8, 4) is 0 Å². The Bertz CT molecular complexity index is 93.9. The molecule has 0 aliphatic heterocycles. The van der Waals surface area contributed by atoms with Gasteiger partial charge in [-0.25, -0.2) is 0 Å². The van der Waals surface area contributed by atoms with E-state index in [0.29, 0.717) is 0 Å². The van der Waals surface area contributed by atoms with Gasteiger partial charge in [-0.3, -0.25) is 0 Å². The second kappa shape index (κ2) is 75.9. The van der Waals surface area contributed by atoms with Crippen LogP contribution >= 0.6 is 0 Å². The van der Waals surface area contributed by atoms with Crippen molar-refractivity contribution in [1.29, 1.82) is 0 Å². The molecule has 0 saturated carbocycles. The summed E-state index contributed by atoms with van der Waals surface area (Å²) >= 11 is -5.25. The molecular formula is H23CrNaO14. The van der Waals surface area contributed by atoms with Crippen LogP contribution in [0.15, 0.2) is 0 Å². The van der Waals surface area contributed by atoms with E-state index in [0.717, 1.165) is 0 Å². The first-order valence-corrected chi connectivity index (χ1v) is 2.88. The average Bonchev–Trinajstić information content (AvgIpc) is 0.722. The van der Waals surface area contributed by atoms with Gasteiger partial charge in [-0.2, -0.15) is 0 Å². The van der Waals surface area contributed by atoms with Crippen LogP contribution in [0.4, 0.5) is 0 Å². The van der Waals surface area contributed by atoms with Gasteiger partial charge >= 0.3 is 59.1 Å². The van der Waals surface area contributed by atoms with E-state index in [1.54, 1.807) is 0 Å². The molecule has 14 nitrogen and oxygen atoms in total. The quantitative estimate of drug-likeness (QED) is 0.409. The number of hydrogen-bond donors (Lipinski definition) is 2. The van der Waals surface area contributed by atoms with E-state index < -0.39 is 13.6 Å². The first-order valence-electron chi connectivity index (χ1n) is 0.698. The molecule has 22 N–H and O–H groups in total. The molecule has 0 saturated heterocycles. The molecule has 16 heteroatoms. The molecule has 0 unspecified atom stereocenters. The third-order valence-corrected chi connectivity index (χ3v) is 0. The van der Waals surface area contributed by atoms with E-state index in [9.17, 15) is 0 Å². The van der Waals surface area contributed by atoms with Gasteiger partial charge in [0.2, 0.25) is 0 Å². The van der Waals surface area contributed by atoms with Crippen molar-refractivity contribution in [1.82, 2.24) is 0 Å². The van der Waals surface area contributed by atoms with Crippen molar-refractivity contribution in [2.75, 3.05) is 0 Å². The van der Waals surface area contributed by atoms with Crippen LogP contribution < -0.4 is 0 Å². The predicted octanol–water partition coefficient (Wildman–Crippen LogP) is -10.2. The zero-order valence-electron chi connectivity index (χ0n) is 7.12. The van der Waals surface area contributed by atoms with Gasteiger partial charge in [0.25, 0.3) is 0 Å². The van der Waals surface area contributed by atoms with Crippen LogP contribution in [0.3, 0.4) is 0 Å². The summed E-state index contributed by atoms with van der Waals surface area (Å²) in [6.45, 7) is 0. The van der Waals surface area contributed by atoms with Gasteiger partial charge in [-0.1, -0.05) is 0 Å². The Balaban J connectivity index is -0.00000000145. The molecule has 0 radical (unpaired) electrons. The van der Waals surface area contributed by atoms with Crippen molar-refractivity contribution in [3.63, 3.8) is 0 Å². The van der Waals surface area contributed by atoms with Crippen LogP contribution in [-0.2, 0) is 21.2 Å². The van der Waals surface area contributed by atoms with Crippen molar-refractivity contribution in [2.45, 2.75) is 0 Å². The minimum absolute atomic E-state index is 0. The fourth-order valence-corrected chi connectivity index (χ4v) is 0. The van der Waals surface area contributed by atoms with Gasteiger partial charge in [-0.15, -0.1) is 0 Å². The first-order chi connectivity index (χ1) is 2.00. The molecule has 0 atom stereocenters. The molecule has 114 valence electrons. The summed E-state index contributed by atoms with van der Waals surface area (Å²) in [5.41, 5.74) is 0. The summed E-state index contributed by atoms with van der Waals surface area (Å²) in [4.78, 5) is 0. The summed E-state index contributed by atoms with van der Waals surface area (Å²) in [5.74, 6) is 0. The summed E-state index contributed by atoms with van der Waals surface area (Å²) in [5, 5.41) is 0. The van der Waals surface area contributed by atoms with Gasteiger partial charge in [0.15, 0.2) is 0 Å². The molecule has 0 heterocycles. The monoisotopic (exact) mass is 322 g/mol. The second-order valence-electron chi connectivity index (χ2n) is 0.448. The van der Waals surface area contributed by atoms with Crippen LogP contribution in [0.5, 0.6) is 0 Å². The van der Waals surface area contributed by atoms with E-state index in [-0.39, 0.29) is 84.3 Å². The molecule has 0 aromatic rings. The van der Waals surface area contributed by atoms with Crippen molar-refractivity contribution in [2.24, 2.45) is 0 Å². The first kappa shape index (κ1) is 188. The summed E-state index contributed by atoms with van der Waals surface area (Å²) in [7, 11) is 0. The van der Waals surface area contributed by atoms with Gasteiger partial charge in [-0.05, 0) is 0 Å². The number of rotatable bonds is 0. The third kappa shape index (κ3) is 6420. The maximum atomic E-state index is 8.82. The average molecular weight is 322 g/mol. The summed E-state index contributed by atoms with van der Waals surface area (Å²) in [6.07, 6.45) is 0. The zero-order chi connectivity index (χ0) is 4.50. The van der Waals surface area contributed by atoms with Gasteiger partial charge in [0.1, 0.15) is 0 Å². The van der Waals surface area contributed by atoms with E-state index >= 15 is 0 Å². The molecule has 0 amide bonds. The fraction of sp³-hybridized carbons (Fsp3) is 0. The minimum atomic E-state index is -5.25. The van der Waals surface area contributed by atoms with Gasteiger partial charge in [0, 0.05) is 0 Å². The molecule has 0 bridgehead atoms. The van der Waals surface area contributed by atoms with Crippen LogP contribution in [0.2, 0.25) is 0 Å². The topological polar surface area (TPSA) is 390 Å². The van der Waals surface area contributed by atoms with Crippen molar-refractivity contribution in [3.05, 3.63) is 0 Å². The van der Waals surface area contributed by atoms with Crippen LogP contribution in [0.1, 0.15) is 0 Å². The maximum absolute atomic E-state index is 8.82. The van der Waals surface area contributed by atoms with Gasteiger partial charge < -0.3 is 54.8 Å². The molecule has 0 aliphatic carbocycles. The zero-order valence-corrected chi connectivity index (χ0v) is 8.39.